The minimum atomic E-state index is -2.80. The number of ether oxygens (including phenoxy) is 1. The summed E-state index contributed by atoms with van der Waals surface area (Å²) in [6.07, 6.45) is 0.772. The van der Waals surface area contributed by atoms with Crippen LogP contribution in [-0.4, -0.2) is 63.6 Å². The fourth-order valence-electron chi connectivity index (χ4n) is 3.40. The molecule has 0 saturated carbocycles. The number of hydrogen-bond acceptors (Lipinski definition) is 8. The highest BCUT2D eigenvalue weighted by atomic mass is 19.3. The van der Waals surface area contributed by atoms with Gasteiger partial charge in [-0.1, -0.05) is 18.2 Å². The second kappa shape index (κ2) is 9.77. The van der Waals surface area contributed by atoms with Crippen molar-refractivity contribution in [3.8, 4) is 5.95 Å². The number of fused-ring (bicyclic) bond motifs is 1. The number of rotatable bonds is 7. The van der Waals surface area contributed by atoms with Crippen LogP contribution in [0.25, 0.3) is 17.0 Å². The predicted molar refractivity (Wildman–Crippen MR) is 119 cm³/mol. The molecule has 1 saturated heterocycles. The van der Waals surface area contributed by atoms with Crippen LogP contribution >= 0.6 is 0 Å². The molecular weight excluding hydrogens is 418 g/mol. The lowest BCUT2D eigenvalue weighted by molar-refractivity contribution is 0.122. The molecule has 1 N–H and O–H groups in total. The molecule has 0 bridgehead atoms. The topological polar surface area (TPSA) is 93.3 Å². The van der Waals surface area contributed by atoms with Gasteiger partial charge in [0.2, 0.25) is 17.8 Å². The SMILES string of the molecule is CC=N/C(=C\C)CNc1nc(N2CCOCC2)nc(-n2c(C(F)F)nc3ccccc32)n1. The highest BCUT2D eigenvalue weighted by Gasteiger charge is 2.24. The van der Waals surface area contributed by atoms with Crippen LogP contribution in [-0.2, 0) is 4.74 Å². The highest BCUT2D eigenvalue weighted by Crippen LogP contribution is 2.27. The number of halogens is 2. The average Bonchev–Trinajstić information content (AvgIpc) is 3.22. The lowest BCUT2D eigenvalue weighted by Gasteiger charge is -2.27. The minimum absolute atomic E-state index is 0.0778. The van der Waals surface area contributed by atoms with Gasteiger partial charge < -0.3 is 15.0 Å². The van der Waals surface area contributed by atoms with Crippen molar-refractivity contribution in [3.63, 3.8) is 0 Å². The zero-order valence-electron chi connectivity index (χ0n) is 17.9. The number of imidazole rings is 1. The highest BCUT2D eigenvalue weighted by molar-refractivity contribution is 5.77. The van der Waals surface area contributed by atoms with Gasteiger partial charge in [-0.25, -0.2) is 13.8 Å². The van der Waals surface area contributed by atoms with Crippen LogP contribution in [0.3, 0.4) is 0 Å². The molecule has 1 fully saturated rings. The Labute approximate surface area is 183 Å². The zero-order valence-corrected chi connectivity index (χ0v) is 17.9. The molecule has 1 aromatic carbocycles. The molecule has 1 aliphatic rings. The van der Waals surface area contributed by atoms with Gasteiger partial charge in [0, 0.05) is 19.3 Å². The molecule has 11 heteroatoms. The van der Waals surface area contributed by atoms with E-state index in [9.17, 15) is 8.78 Å². The van der Waals surface area contributed by atoms with E-state index in [2.05, 4.69) is 30.2 Å². The first-order valence-electron chi connectivity index (χ1n) is 10.3. The van der Waals surface area contributed by atoms with Crippen molar-refractivity contribution in [1.29, 1.82) is 0 Å². The minimum Gasteiger partial charge on any atom is -0.378 e. The van der Waals surface area contributed by atoms with Crippen LogP contribution in [0.2, 0.25) is 0 Å². The number of alkyl halides is 2. The normalized spacial score (nSPS) is 15.3. The van der Waals surface area contributed by atoms with E-state index in [4.69, 9.17) is 4.74 Å². The summed E-state index contributed by atoms with van der Waals surface area (Å²) >= 11 is 0. The van der Waals surface area contributed by atoms with Crippen molar-refractivity contribution in [2.24, 2.45) is 4.99 Å². The molecule has 168 valence electrons. The van der Waals surface area contributed by atoms with Gasteiger partial charge in [0.05, 0.1) is 36.5 Å². The number of hydrogen-bond donors (Lipinski definition) is 1. The summed E-state index contributed by atoms with van der Waals surface area (Å²) in [5.41, 5.74) is 1.74. The van der Waals surface area contributed by atoms with Crippen molar-refractivity contribution >= 4 is 29.1 Å². The second-order valence-electron chi connectivity index (χ2n) is 6.97. The summed E-state index contributed by atoms with van der Waals surface area (Å²) in [6, 6.07) is 6.91. The quantitative estimate of drug-likeness (QED) is 0.561. The van der Waals surface area contributed by atoms with E-state index >= 15 is 0 Å². The van der Waals surface area contributed by atoms with Gasteiger partial charge in [-0.05, 0) is 26.0 Å². The first-order chi connectivity index (χ1) is 15.6. The molecule has 2 aromatic heterocycles. The van der Waals surface area contributed by atoms with E-state index in [1.54, 1.807) is 30.5 Å². The number of morpholine rings is 1. The van der Waals surface area contributed by atoms with E-state index in [1.807, 2.05) is 24.8 Å². The molecule has 0 radical (unpaired) electrons. The van der Waals surface area contributed by atoms with E-state index in [0.29, 0.717) is 49.8 Å². The summed E-state index contributed by atoms with van der Waals surface area (Å²) in [6.45, 7) is 6.35. The maximum Gasteiger partial charge on any atom is 0.296 e. The molecule has 0 atom stereocenters. The summed E-state index contributed by atoms with van der Waals surface area (Å²) in [5.74, 6) is 0.315. The Morgan fingerprint density at radius 1 is 1.12 bits per heavy atom. The molecule has 0 spiro atoms. The average molecular weight is 442 g/mol. The molecular formula is C21H24F2N8O. The molecule has 3 heterocycles. The number of allylic oxidation sites excluding steroid dienone is 1. The van der Waals surface area contributed by atoms with Crippen molar-refractivity contribution in [3.05, 3.63) is 41.9 Å². The van der Waals surface area contributed by atoms with Crippen LogP contribution in [0.1, 0.15) is 26.1 Å². The third kappa shape index (κ3) is 4.57. The Balaban J connectivity index is 1.81. The summed E-state index contributed by atoms with van der Waals surface area (Å²) < 4.78 is 34.4. The maximum absolute atomic E-state index is 13.9. The number of para-hydroxylation sites is 2. The molecule has 4 rings (SSSR count). The zero-order chi connectivity index (χ0) is 22.5. The van der Waals surface area contributed by atoms with E-state index < -0.39 is 12.2 Å². The Morgan fingerprint density at radius 2 is 1.88 bits per heavy atom. The lowest BCUT2D eigenvalue weighted by Crippen LogP contribution is -2.37. The predicted octanol–water partition coefficient (Wildman–Crippen LogP) is 3.39. The van der Waals surface area contributed by atoms with Gasteiger partial charge in [0.1, 0.15) is 0 Å². The molecule has 0 amide bonds. The van der Waals surface area contributed by atoms with Crippen LogP contribution in [0.15, 0.2) is 41.0 Å². The molecule has 0 unspecified atom stereocenters. The van der Waals surface area contributed by atoms with Crippen molar-refractivity contribution in [2.45, 2.75) is 20.3 Å². The Hall–Kier alpha value is -3.47. The summed E-state index contributed by atoms with van der Waals surface area (Å²) in [4.78, 5) is 23.8. The van der Waals surface area contributed by atoms with Crippen LogP contribution in [0.5, 0.6) is 0 Å². The van der Waals surface area contributed by atoms with Crippen LogP contribution in [0, 0.1) is 0 Å². The Morgan fingerprint density at radius 3 is 2.59 bits per heavy atom. The van der Waals surface area contributed by atoms with Gasteiger partial charge in [-0.15, -0.1) is 0 Å². The number of nitrogens with zero attached hydrogens (tertiary/aromatic N) is 7. The van der Waals surface area contributed by atoms with Crippen molar-refractivity contribution in [2.75, 3.05) is 43.1 Å². The Bertz CT molecular complexity index is 1140. The molecule has 0 aliphatic carbocycles. The number of nitrogens with one attached hydrogen (secondary N) is 1. The standard InChI is InChI=1S/C21H24F2N8O/c1-3-14(24-4-2)13-25-19-27-20(30-9-11-32-12-10-30)29-21(28-19)31-16-8-6-5-7-15(16)26-18(31)17(22)23/h3-8,17H,9-13H2,1-2H3,(H,25,27,28,29)/b14-3-,24-4?. The molecule has 1 aliphatic heterocycles. The van der Waals surface area contributed by atoms with Crippen molar-refractivity contribution in [1.82, 2.24) is 24.5 Å². The smallest absolute Gasteiger partial charge is 0.296 e. The number of aliphatic imine (C=N–C) groups is 1. The fourth-order valence-corrected chi connectivity index (χ4v) is 3.40. The number of benzene rings is 1. The molecule has 9 nitrogen and oxygen atoms in total. The lowest BCUT2D eigenvalue weighted by atomic mass is 10.3. The molecule has 3 aromatic rings. The second-order valence-corrected chi connectivity index (χ2v) is 6.97. The monoisotopic (exact) mass is 442 g/mol. The summed E-state index contributed by atoms with van der Waals surface area (Å²) in [5, 5.41) is 3.14. The van der Waals surface area contributed by atoms with E-state index in [-0.39, 0.29) is 11.9 Å². The first-order valence-corrected chi connectivity index (χ1v) is 10.3. The molecule has 32 heavy (non-hydrogen) atoms. The van der Waals surface area contributed by atoms with Gasteiger partial charge >= 0.3 is 0 Å². The summed E-state index contributed by atoms with van der Waals surface area (Å²) in [7, 11) is 0. The maximum atomic E-state index is 13.9. The third-order valence-corrected chi connectivity index (χ3v) is 4.94. The van der Waals surface area contributed by atoms with Gasteiger partial charge in [0.15, 0.2) is 5.82 Å². The van der Waals surface area contributed by atoms with Crippen LogP contribution < -0.4 is 10.2 Å². The largest absolute Gasteiger partial charge is 0.378 e. The van der Waals surface area contributed by atoms with Crippen LogP contribution in [0.4, 0.5) is 20.7 Å². The number of anilines is 2. The number of aromatic nitrogens is 5. The fraction of sp³-hybridized carbons (Fsp3) is 0.381. The van der Waals surface area contributed by atoms with Crippen molar-refractivity contribution < 1.29 is 13.5 Å². The first kappa shape index (κ1) is 21.8. The van der Waals surface area contributed by atoms with E-state index in [0.717, 1.165) is 5.70 Å². The van der Waals surface area contributed by atoms with E-state index in [1.165, 1.54) is 4.57 Å². The van der Waals surface area contributed by atoms with Gasteiger partial charge in [-0.2, -0.15) is 15.0 Å². The Kier molecular flexibility index (Phi) is 6.64. The van der Waals surface area contributed by atoms with Gasteiger partial charge in [0.25, 0.3) is 6.43 Å². The third-order valence-electron chi connectivity index (χ3n) is 4.94. The van der Waals surface area contributed by atoms with Gasteiger partial charge in [-0.3, -0.25) is 9.56 Å².